The van der Waals surface area contributed by atoms with E-state index in [4.69, 9.17) is 10.00 Å². The van der Waals surface area contributed by atoms with Gasteiger partial charge in [0.1, 0.15) is 11.8 Å². The Hall–Kier alpha value is -0.530. The van der Waals surface area contributed by atoms with Crippen LogP contribution in [0.2, 0.25) is 0 Å². The average Bonchev–Trinajstić information content (AvgIpc) is 2.16. The smallest absolute Gasteiger partial charge is 0.174 e. The molecule has 1 aromatic rings. The van der Waals surface area contributed by atoms with Gasteiger partial charge in [0, 0.05) is 4.47 Å². The van der Waals surface area contributed by atoms with Crippen molar-refractivity contribution in [3.63, 3.8) is 0 Å². The van der Waals surface area contributed by atoms with Gasteiger partial charge in [-0.3, -0.25) is 0 Å². The number of nitrogens with zero attached hydrogens (tertiary/aromatic N) is 1. The van der Waals surface area contributed by atoms with Crippen LogP contribution in [0.25, 0.3) is 0 Å². The molecule has 0 aliphatic rings. The van der Waals surface area contributed by atoms with Gasteiger partial charge in [-0.05, 0) is 46.0 Å². The molecule has 0 aromatic heterocycles. The summed E-state index contributed by atoms with van der Waals surface area (Å²) in [5.41, 5.74) is 2.18. The lowest BCUT2D eigenvalue weighted by molar-refractivity contribution is 0.362. The van der Waals surface area contributed by atoms with Crippen LogP contribution in [0.5, 0.6) is 5.75 Å². The van der Waals surface area contributed by atoms with E-state index in [-0.39, 0.29) is 6.61 Å². The minimum atomic E-state index is 0.0681. The van der Waals surface area contributed by atoms with Crippen molar-refractivity contribution in [3.8, 4) is 11.8 Å². The van der Waals surface area contributed by atoms with Gasteiger partial charge in [0.05, 0.1) is 4.47 Å². The fourth-order valence-corrected chi connectivity index (χ4v) is 3.91. The highest BCUT2D eigenvalue weighted by atomic mass is 79.9. The number of rotatable bonds is 3. The van der Waals surface area contributed by atoms with Crippen molar-refractivity contribution in [2.24, 2.45) is 0 Å². The molecule has 1 rings (SSSR count). The third kappa shape index (κ3) is 2.78. The maximum Gasteiger partial charge on any atom is 0.174 e. The van der Waals surface area contributed by atoms with E-state index in [9.17, 15) is 0 Å². The molecular formula is C12H13Br2NO. The molecule has 4 heteroatoms. The van der Waals surface area contributed by atoms with Crippen molar-refractivity contribution >= 4 is 31.9 Å². The normalized spacial score (nSPS) is 10.3. The molecule has 0 amide bonds. The zero-order chi connectivity index (χ0) is 12.3. The Balaban J connectivity index is 3.28. The molecule has 1 aromatic carbocycles. The van der Waals surface area contributed by atoms with Crippen molar-refractivity contribution in [2.45, 2.75) is 26.7 Å². The molecule has 0 N–H and O–H groups in total. The molecule has 86 valence electrons. The van der Waals surface area contributed by atoms with E-state index in [1.807, 2.05) is 19.1 Å². The lowest BCUT2D eigenvalue weighted by Crippen LogP contribution is -2.01. The summed E-state index contributed by atoms with van der Waals surface area (Å²) >= 11 is 7.10. The number of aryl methyl sites for hydroxylation is 1. The summed E-state index contributed by atoms with van der Waals surface area (Å²) in [6, 6.07) is 4.00. The average molecular weight is 347 g/mol. The Morgan fingerprint density at radius 1 is 1.44 bits per heavy atom. The van der Waals surface area contributed by atoms with Crippen LogP contribution >= 0.6 is 31.9 Å². The van der Waals surface area contributed by atoms with Gasteiger partial charge >= 0.3 is 0 Å². The minimum Gasteiger partial charge on any atom is -0.477 e. The first-order chi connectivity index (χ1) is 7.49. The van der Waals surface area contributed by atoms with Crippen molar-refractivity contribution in [1.29, 1.82) is 5.26 Å². The van der Waals surface area contributed by atoms with Crippen LogP contribution in [0.4, 0.5) is 0 Å². The van der Waals surface area contributed by atoms with E-state index < -0.39 is 0 Å². The molecule has 0 fully saturated rings. The fourth-order valence-electron chi connectivity index (χ4n) is 1.54. The molecule has 0 radical (unpaired) electrons. The van der Waals surface area contributed by atoms with Crippen LogP contribution in [-0.2, 0) is 0 Å². The van der Waals surface area contributed by atoms with Gasteiger partial charge in [-0.2, -0.15) is 5.26 Å². The Morgan fingerprint density at radius 2 is 2.06 bits per heavy atom. The summed E-state index contributed by atoms with van der Waals surface area (Å²) in [6.45, 7) is 6.27. The van der Waals surface area contributed by atoms with E-state index >= 15 is 0 Å². The number of ether oxygens (including phenoxy) is 1. The Kier molecular flexibility index (Phi) is 4.82. The van der Waals surface area contributed by atoms with E-state index in [1.165, 1.54) is 5.56 Å². The number of halogens is 2. The van der Waals surface area contributed by atoms with Crippen LogP contribution in [0.1, 0.15) is 30.9 Å². The predicted molar refractivity (Wildman–Crippen MR) is 71.8 cm³/mol. The van der Waals surface area contributed by atoms with Gasteiger partial charge in [0.15, 0.2) is 6.61 Å². The SMILES string of the molecule is Cc1cc(Br)c(C(C)C)c(Br)c1OCC#N. The third-order valence-corrected chi connectivity index (χ3v) is 3.70. The highest BCUT2D eigenvalue weighted by Crippen LogP contribution is 2.40. The maximum absolute atomic E-state index is 8.54. The van der Waals surface area contributed by atoms with E-state index in [0.717, 1.165) is 20.3 Å². The first-order valence-corrected chi connectivity index (χ1v) is 6.55. The summed E-state index contributed by atoms with van der Waals surface area (Å²) in [6.07, 6.45) is 0. The zero-order valence-corrected chi connectivity index (χ0v) is 12.6. The fraction of sp³-hybridized carbons (Fsp3) is 0.417. The molecule has 0 atom stereocenters. The Bertz CT molecular complexity index is 436. The van der Waals surface area contributed by atoms with Gasteiger partial charge in [-0.1, -0.05) is 29.8 Å². The zero-order valence-electron chi connectivity index (χ0n) is 9.47. The molecule has 0 spiro atoms. The standard InChI is InChI=1S/C12H13Br2NO/c1-7(2)10-9(13)6-8(3)12(11(10)14)16-5-4-15/h6-7H,5H2,1-3H3. The Morgan fingerprint density at radius 3 is 2.56 bits per heavy atom. The number of hydrogen-bond donors (Lipinski definition) is 0. The van der Waals surface area contributed by atoms with Crippen LogP contribution in [0.3, 0.4) is 0 Å². The lowest BCUT2D eigenvalue weighted by Gasteiger charge is -2.17. The third-order valence-electron chi connectivity index (χ3n) is 2.25. The molecule has 0 saturated heterocycles. The number of hydrogen-bond acceptors (Lipinski definition) is 2. The topological polar surface area (TPSA) is 33.0 Å². The van der Waals surface area contributed by atoms with Gasteiger partial charge in [-0.25, -0.2) is 0 Å². The van der Waals surface area contributed by atoms with Crippen molar-refractivity contribution in [1.82, 2.24) is 0 Å². The summed E-state index contributed by atoms with van der Waals surface area (Å²) in [4.78, 5) is 0. The molecule has 0 heterocycles. The second kappa shape index (κ2) is 5.70. The van der Waals surface area contributed by atoms with E-state index in [0.29, 0.717) is 5.92 Å². The summed E-state index contributed by atoms with van der Waals surface area (Å²) in [5, 5.41) is 8.54. The highest BCUT2D eigenvalue weighted by Gasteiger charge is 2.16. The Labute approximate surface area is 113 Å². The van der Waals surface area contributed by atoms with E-state index in [2.05, 4.69) is 45.7 Å². The molecular weight excluding hydrogens is 334 g/mol. The number of benzene rings is 1. The molecule has 0 aliphatic carbocycles. The van der Waals surface area contributed by atoms with Crippen LogP contribution in [0.15, 0.2) is 15.0 Å². The summed E-state index contributed by atoms with van der Waals surface area (Å²) < 4.78 is 7.43. The molecule has 0 saturated carbocycles. The van der Waals surface area contributed by atoms with Crippen LogP contribution in [-0.4, -0.2) is 6.61 Å². The first-order valence-electron chi connectivity index (χ1n) is 4.97. The van der Waals surface area contributed by atoms with Crippen LogP contribution in [0, 0.1) is 18.3 Å². The quantitative estimate of drug-likeness (QED) is 0.804. The predicted octanol–water partition coefficient (Wildman–Crippen LogP) is 4.55. The molecule has 0 unspecified atom stereocenters. The van der Waals surface area contributed by atoms with Crippen molar-refractivity contribution in [3.05, 3.63) is 26.1 Å². The van der Waals surface area contributed by atoms with Gasteiger partial charge < -0.3 is 4.74 Å². The highest BCUT2D eigenvalue weighted by molar-refractivity contribution is 9.11. The summed E-state index contributed by atoms with van der Waals surface area (Å²) in [5.74, 6) is 1.14. The largest absolute Gasteiger partial charge is 0.477 e. The molecule has 16 heavy (non-hydrogen) atoms. The van der Waals surface area contributed by atoms with E-state index in [1.54, 1.807) is 0 Å². The van der Waals surface area contributed by atoms with Gasteiger partial charge in [0.25, 0.3) is 0 Å². The maximum atomic E-state index is 8.54. The van der Waals surface area contributed by atoms with Gasteiger partial charge in [-0.15, -0.1) is 0 Å². The molecule has 0 aliphatic heterocycles. The molecule has 2 nitrogen and oxygen atoms in total. The minimum absolute atomic E-state index is 0.0681. The first kappa shape index (κ1) is 13.5. The van der Waals surface area contributed by atoms with Crippen molar-refractivity contribution in [2.75, 3.05) is 6.61 Å². The number of nitriles is 1. The van der Waals surface area contributed by atoms with Gasteiger partial charge in [0.2, 0.25) is 0 Å². The monoisotopic (exact) mass is 345 g/mol. The lowest BCUT2D eigenvalue weighted by atomic mass is 10.0. The van der Waals surface area contributed by atoms with Crippen molar-refractivity contribution < 1.29 is 4.74 Å². The molecule has 0 bridgehead atoms. The van der Waals surface area contributed by atoms with Crippen LogP contribution < -0.4 is 4.74 Å². The second-order valence-electron chi connectivity index (χ2n) is 3.83. The second-order valence-corrected chi connectivity index (χ2v) is 5.48. The summed E-state index contributed by atoms with van der Waals surface area (Å²) in [7, 11) is 0.